The van der Waals surface area contributed by atoms with Gasteiger partial charge in [-0.1, -0.05) is 34.1 Å². The summed E-state index contributed by atoms with van der Waals surface area (Å²) >= 11 is 0. The maximum Gasteiger partial charge on any atom is 0.0900 e. The molecule has 1 aliphatic carbocycles. The van der Waals surface area contributed by atoms with Crippen LogP contribution >= 0.6 is 0 Å². The van der Waals surface area contributed by atoms with E-state index in [-0.39, 0.29) is 6.10 Å². The Morgan fingerprint density at radius 2 is 1.74 bits per heavy atom. The van der Waals surface area contributed by atoms with Gasteiger partial charge in [-0.3, -0.25) is 4.90 Å². The molecule has 0 aromatic rings. The number of β-amino-alcohol motifs (C(OH)–C–C–N with tert-alkyl or cyclic N) is 1. The molecule has 2 aliphatic rings. The number of rotatable bonds is 7. The number of likely N-dealkylation sites (N-methyl/N-ethyl adjacent to an activating group) is 1. The van der Waals surface area contributed by atoms with Crippen LogP contribution in [-0.2, 0) is 4.74 Å². The molecule has 0 aromatic heterocycles. The van der Waals surface area contributed by atoms with E-state index in [1.807, 2.05) is 0 Å². The summed E-state index contributed by atoms with van der Waals surface area (Å²) < 4.78 is 6.19. The number of ether oxygens (including phenoxy) is 1. The lowest BCUT2D eigenvalue weighted by molar-refractivity contribution is -0.0753. The van der Waals surface area contributed by atoms with Crippen molar-refractivity contribution in [3.8, 4) is 0 Å². The summed E-state index contributed by atoms with van der Waals surface area (Å²) in [6.45, 7) is 15.9. The van der Waals surface area contributed by atoms with Gasteiger partial charge in [0.15, 0.2) is 0 Å². The van der Waals surface area contributed by atoms with E-state index in [4.69, 9.17) is 4.74 Å². The highest BCUT2D eigenvalue weighted by molar-refractivity contribution is 4.82. The zero-order valence-electron chi connectivity index (χ0n) is 15.7. The van der Waals surface area contributed by atoms with Gasteiger partial charge in [-0.25, -0.2) is 0 Å². The summed E-state index contributed by atoms with van der Waals surface area (Å²) in [7, 11) is 0. The number of nitrogens with zero attached hydrogens (tertiary/aromatic N) is 2. The minimum absolute atomic E-state index is 0.338. The van der Waals surface area contributed by atoms with E-state index in [0.717, 1.165) is 51.6 Å². The van der Waals surface area contributed by atoms with Crippen LogP contribution in [0.1, 0.15) is 47.0 Å². The Morgan fingerprint density at radius 3 is 2.35 bits per heavy atom. The molecule has 4 heteroatoms. The van der Waals surface area contributed by atoms with Crippen LogP contribution in [0.15, 0.2) is 0 Å². The third-order valence-corrected chi connectivity index (χ3v) is 5.85. The van der Waals surface area contributed by atoms with Crippen molar-refractivity contribution in [3.05, 3.63) is 0 Å². The fourth-order valence-corrected chi connectivity index (χ4v) is 4.18. The molecule has 136 valence electrons. The van der Waals surface area contributed by atoms with Gasteiger partial charge >= 0.3 is 0 Å². The topological polar surface area (TPSA) is 35.9 Å². The van der Waals surface area contributed by atoms with Gasteiger partial charge < -0.3 is 14.7 Å². The van der Waals surface area contributed by atoms with Gasteiger partial charge in [-0.15, -0.1) is 0 Å². The van der Waals surface area contributed by atoms with Crippen LogP contribution in [0.25, 0.3) is 0 Å². The number of hydrogen-bond donors (Lipinski definition) is 1. The minimum atomic E-state index is -0.353. The number of hydrogen-bond acceptors (Lipinski definition) is 4. The SMILES string of the molecule is CCN1CCN(C[C@H](O)CO[C@@H]2C[C@H](C)CC[C@@H]2C(C)C)CC1. The van der Waals surface area contributed by atoms with E-state index < -0.39 is 0 Å². The molecule has 0 unspecified atom stereocenters. The molecule has 1 N–H and O–H groups in total. The summed E-state index contributed by atoms with van der Waals surface area (Å²) in [5, 5.41) is 10.4. The van der Waals surface area contributed by atoms with E-state index in [0.29, 0.717) is 24.5 Å². The molecule has 2 fully saturated rings. The summed E-state index contributed by atoms with van der Waals surface area (Å²) in [4.78, 5) is 4.85. The van der Waals surface area contributed by atoms with Crippen LogP contribution in [0, 0.1) is 17.8 Å². The van der Waals surface area contributed by atoms with Crippen molar-refractivity contribution in [2.45, 2.75) is 59.2 Å². The first-order valence-corrected chi connectivity index (χ1v) is 9.74. The van der Waals surface area contributed by atoms with Gasteiger partial charge in [0.25, 0.3) is 0 Å². The summed E-state index contributed by atoms with van der Waals surface area (Å²) in [5.74, 6) is 2.09. The molecule has 0 radical (unpaired) electrons. The molecule has 1 saturated heterocycles. The molecule has 0 amide bonds. The summed E-state index contributed by atoms with van der Waals surface area (Å²) in [5.41, 5.74) is 0. The van der Waals surface area contributed by atoms with Gasteiger partial charge in [-0.05, 0) is 37.1 Å². The average molecular weight is 327 g/mol. The Morgan fingerprint density at radius 1 is 1.09 bits per heavy atom. The van der Waals surface area contributed by atoms with Crippen LogP contribution in [-0.4, -0.2) is 73.0 Å². The van der Waals surface area contributed by atoms with Crippen LogP contribution in [0.3, 0.4) is 0 Å². The fourth-order valence-electron chi connectivity index (χ4n) is 4.18. The highest BCUT2D eigenvalue weighted by atomic mass is 16.5. The summed E-state index contributed by atoms with van der Waals surface area (Å²) in [6.07, 6.45) is 3.74. The van der Waals surface area contributed by atoms with Crippen molar-refractivity contribution in [1.29, 1.82) is 0 Å². The molecule has 1 aliphatic heterocycles. The highest BCUT2D eigenvalue weighted by Crippen LogP contribution is 2.35. The van der Waals surface area contributed by atoms with Gasteiger partial charge in [0.2, 0.25) is 0 Å². The third kappa shape index (κ3) is 6.00. The number of aliphatic hydroxyl groups excluding tert-OH is 1. The molecule has 2 rings (SSSR count). The molecular formula is C19H38N2O2. The van der Waals surface area contributed by atoms with Crippen LogP contribution in [0.4, 0.5) is 0 Å². The predicted molar refractivity (Wildman–Crippen MR) is 95.6 cm³/mol. The molecule has 23 heavy (non-hydrogen) atoms. The first-order valence-electron chi connectivity index (χ1n) is 9.74. The Labute approximate surface area is 143 Å². The fraction of sp³-hybridized carbons (Fsp3) is 1.00. The smallest absolute Gasteiger partial charge is 0.0900 e. The second-order valence-electron chi connectivity index (χ2n) is 8.09. The van der Waals surface area contributed by atoms with E-state index in [1.54, 1.807) is 0 Å². The molecule has 1 heterocycles. The van der Waals surface area contributed by atoms with Gasteiger partial charge in [-0.2, -0.15) is 0 Å². The van der Waals surface area contributed by atoms with Crippen molar-refractivity contribution >= 4 is 0 Å². The third-order valence-electron chi connectivity index (χ3n) is 5.85. The standard InChI is InChI=1S/C19H38N2O2/c1-5-20-8-10-21(11-9-20)13-17(22)14-23-19-12-16(4)6-7-18(19)15(2)3/h15-19,22H,5-14H2,1-4H3/t16-,17+,18-,19-/m1/s1. The Bertz CT molecular complexity index is 329. The first-order chi connectivity index (χ1) is 11.0. The van der Waals surface area contributed by atoms with E-state index >= 15 is 0 Å². The van der Waals surface area contributed by atoms with E-state index in [9.17, 15) is 5.11 Å². The average Bonchev–Trinajstić information content (AvgIpc) is 2.53. The Balaban J connectivity index is 1.71. The lowest BCUT2D eigenvalue weighted by Crippen LogP contribution is -2.49. The monoisotopic (exact) mass is 326 g/mol. The van der Waals surface area contributed by atoms with Gasteiger partial charge in [0, 0.05) is 32.7 Å². The maximum absolute atomic E-state index is 10.4. The molecule has 1 saturated carbocycles. The first kappa shape index (κ1) is 19.2. The normalized spacial score (nSPS) is 32.3. The van der Waals surface area contributed by atoms with Crippen molar-refractivity contribution < 1.29 is 9.84 Å². The van der Waals surface area contributed by atoms with Crippen molar-refractivity contribution in [2.24, 2.45) is 17.8 Å². The quantitative estimate of drug-likeness (QED) is 0.780. The predicted octanol–water partition coefficient (Wildman–Crippen LogP) is 2.46. The molecule has 0 aromatic carbocycles. The zero-order valence-corrected chi connectivity index (χ0v) is 15.7. The van der Waals surface area contributed by atoms with Crippen LogP contribution < -0.4 is 0 Å². The van der Waals surface area contributed by atoms with Gasteiger partial charge in [0.05, 0.1) is 18.8 Å². The lowest BCUT2D eigenvalue weighted by atomic mass is 9.75. The lowest BCUT2D eigenvalue weighted by Gasteiger charge is -2.38. The van der Waals surface area contributed by atoms with Crippen molar-refractivity contribution in [3.63, 3.8) is 0 Å². The molecule has 4 atom stereocenters. The maximum atomic E-state index is 10.4. The van der Waals surface area contributed by atoms with Crippen LogP contribution in [0.2, 0.25) is 0 Å². The Hall–Kier alpha value is -0.160. The largest absolute Gasteiger partial charge is 0.389 e. The van der Waals surface area contributed by atoms with Crippen molar-refractivity contribution in [2.75, 3.05) is 45.9 Å². The van der Waals surface area contributed by atoms with E-state index in [2.05, 4.69) is 37.5 Å². The van der Waals surface area contributed by atoms with Gasteiger partial charge in [0.1, 0.15) is 0 Å². The molecule has 4 nitrogen and oxygen atoms in total. The van der Waals surface area contributed by atoms with Crippen molar-refractivity contribution in [1.82, 2.24) is 9.80 Å². The molecule has 0 spiro atoms. The second-order valence-corrected chi connectivity index (χ2v) is 8.09. The summed E-state index contributed by atoms with van der Waals surface area (Å²) in [6, 6.07) is 0. The van der Waals surface area contributed by atoms with Crippen LogP contribution in [0.5, 0.6) is 0 Å². The Kier molecular flexibility index (Phi) is 7.80. The zero-order chi connectivity index (χ0) is 16.8. The van der Waals surface area contributed by atoms with E-state index in [1.165, 1.54) is 12.8 Å². The molecule has 0 bridgehead atoms. The molecular weight excluding hydrogens is 288 g/mol. The second kappa shape index (κ2) is 9.36. The highest BCUT2D eigenvalue weighted by Gasteiger charge is 2.31. The number of piperazine rings is 1. The minimum Gasteiger partial charge on any atom is -0.389 e. The number of aliphatic hydroxyl groups is 1.